The van der Waals surface area contributed by atoms with E-state index in [1.165, 1.54) is 18.9 Å². The SMILES string of the molecule is C[C@@]1(CC2CC2)CN2CC[C@@H](c3cccc(F)c3)N2C1=O. The van der Waals surface area contributed by atoms with E-state index in [2.05, 4.69) is 11.9 Å². The molecule has 3 nitrogen and oxygen atoms in total. The van der Waals surface area contributed by atoms with Crippen LogP contribution in [-0.4, -0.2) is 29.0 Å². The fraction of sp³-hybridized carbons (Fsp3) is 0.588. The lowest BCUT2D eigenvalue weighted by atomic mass is 9.84. The van der Waals surface area contributed by atoms with Gasteiger partial charge in [0.25, 0.3) is 0 Å². The Hall–Kier alpha value is -1.42. The molecule has 0 N–H and O–H groups in total. The highest BCUT2D eigenvalue weighted by Crippen LogP contribution is 2.48. The average molecular weight is 288 g/mol. The number of hydrazine groups is 1. The Kier molecular flexibility index (Phi) is 2.86. The predicted molar refractivity (Wildman–Crippen MR) is 77.6 cm³/mol. The highest BCUT2D eigenvalue weighted by atomic mass is 19.1. The van der Waals surface area contributed by atoms with Crippen LogP contribution in [0.15, 0.2) is 24.3 Å². The van der Waals surface area contributed by atoms with Crippen LogP contribution in [0.5, 0.6) is 0 Å². The minimum atomic E-state index is -0.243. The van der Waals surface area contributed by atoms with E-state index < -0.39 is 0 Å². The van der Waals surface area contributed by atoms with Crippen LogP contribution in [0.4, 0.5) is 4.39 Å². The smallest absolute Gasteiger partial charge is 0.244 e. The highest BCUT2D eigenvalue weighted by Gasteiger charge is 2.54. The standard InChI is InChI=1S/C17H21FN2O/c1-17(10-12-5-6-12)11-19-8-7-15(20(19)16(17)21)13-3-2-4-14(18)9-13/h2-4,9,12,15H,5-8,10-11H2,1H3/t15-,17+/m0/s1. The molecule has 1 aromatic carbocycles. The fourth-order valence-electron chi connectivity index (χ4n) is 4.00. The maximum atomic E-state index is 13.5. The highest BCUT2D eigenvalue weighted by molar-refractivity contribution is 5.85. The third-order valence-electron chi connectivity index (χ3n) is 5.19. The van der Waals surface area contributed by atoms with Gasteiger partial charge >= 0.3 is 0 Å². The lowest BCUT2D eigenvalue weighted by Crippen LogP contribution is -2.36. The number of carbonyl (C=O) groups excluding carboxylic acids is 1. The number of carbonyl (C=O) groups is 1. The van der Waals surface area contributed by atoms with Gasteiger partial charge in [0.15, 0.2) is 0 Å². The zero-order valence-electron chi connectivity index (χ0n) is 12.4. The Labute approximate surface area is 124 Å². The van der Waals surface area contributed by atoms with E-state index in [1.807, 2.05) is 11.1 Å². The molecule has 112 valence electrons. The number of amides is 1. The summed E-state index contributed by atoms with van der Waals surface area (Å²) < 4.78 is 13.5. The molecular weight excluding hydrogens is 267 g/mol. The van der Waals surface area contributed by atoms with Gasteiger partial charge in [-0.25, -0.2) is 9.40 Å². The van der Waals surface area contributed by atoms with Crippen molar-refractivity contribution >= 4 is 5.91 Å². The quantitative estimate of drug-likeness (QED) is 0.853. The van der Waals surface area contributed by atoms with Gasteiger partial charge in [-0.05, 0) is 43.4 Å². The van der Waals surface area contributed by atoms with Gasteiger partial charge in [-0.3, -0.25) is 9.80 Å². The molecule has 3 aliphatic rings. The van der Waals surface area contributed by atoms with E-state index >= 15 is 0 Å². The second-order valence-corrected chi connectivity index (χ2v) is 7.11. The molecule has 2 saturated heterocycles. The summed E-state index contributed by atoms with van der Waals surface area (Å²) in [6.07, 6.45) is 4.45. The lowest BCUT2D eigenvalue weighted by molar-refractivity contribution is -0.143. The number of hydrogen-bond acceptors (Lipinski definition) is 2. The van der Waals surface area contributed by atoms with Gasteiger partial charge in [-0.2, -0.15) is 0 Å². The molecule has 2 aliphatic heterocycles. The van der Waals surface area contributed by atoms with Crippen molar-refractivity contribution in [3.63, 3.8) is 0 Å². The summed E-state index contributed by atoms with van der Waals surface area (Å²) in [6.45, 7) is 3.83. The van der Waals surface area contributed by atoms with Crippen LogP contribution in [0, 0.1) is 17.2 Å². The normalized spacial score (nSPS) is 32.8. The van der Waals surface area contributed by atoms with Crippen molar-refractivity contribution in [3.05, 3.63) is 35.6 Å². The van der Waals surface area contributed by atoms with E-state index in [4.69, 9.17) is 0 Å². The molecule has 1 aromatic rings. The molecule has 0 bridgehead atoms. The maximum absolute atomic E-state index is 13.5. The van der Waals surface area contributed by atoms with Crippen molar-refractivity contribution in [2.45, 2.75) is 38.6 Å². The molecular formula is C17H21FN2O. The molecule has 21 heavy (non-hydrogen) atoms. The molecule has 1 amide bonds. The van der Waals surface area contributed by atoms with E-state index in [9.17, 15) is 9.18 Å². The predicted octanol–water partition coefficient (Wildman–Crippen LogP) is 3.14. The summed E-state index contributed by atoms with van der Waals surface area (Å²) in [5.74, 6) is 0.757. The van der Waals surface area contributed by atoms with Gasteiger partial charge in [0, 0.05) is 13.1 Å². The summed E-state index contributed by atoms with van der Waals surface area (Å²) in [5.41, 5.74) is 0.675. The van der Waals surface area contributed by atoms with Crippen molar-refractivity contribution in [1.82, 2.24) is 10.0 Å². The first-order chi connectivity index (χ1) is 10.1. The van der Waals surface area contributed by atoms with Gasteiger partial charge in [-0.1, -0.05) is 25.0 Å². The topological polar surface area (TPSA) is 23.6 Å². The van der Waals surface area contributed by atoms with Crippen LogP contribution in [0.3, 0.4) is 0 Å². The first kappa shape index (κ1) is 13.3. The van der Waals surface area contributed by atoms with Gasteiger partial charge in [-0.15, -0.1) is 0 Å². The van der Waals surface area contributed by atoms with Crippen LogP contribution in [0.2, 0.25) is 0 Å². The minimum absolute atomic E-state index is 0.00854. The summed E-state index contributed by atoms with van der Waals surface area (Å²) in [7, 11) is 0. The molecule has 0 radical (unpaired) electrons. The van der Waals surface area contributed by atoms with E-state index in [-0.39, 0.29) is 23.2 Å². The third kappa shape index (κ3) is 2.16. The molecule has 2 atom stereocenters. The summed E-state index contributed by atoms with van der Waals surface area (Å²) in [5, 5.41) is 4.09. The Bertz CT molecular complexity index is 586. The number of benzene rings is 1. The molecule has 0 unspecified atom stereocenters. The number of rotatable bonds is 3. The van der Waals surface area contributed by atoms with Crippen LogP contribution in [0.1, 0.15) is 44.2 Å². The fourth-order valence-corrected chi connectivity index (χ4v) is 4.00. The molecule has 0 aromatic heterocycles. The second-order valence-electron chi connectivity index (χ2n) is 7.11. The van der Waals surface area contributed by atoms with E-state index in [0.717, 1.165) is 37.4 Å². The molecule has 4 heteroatoms. The van der Waals surface area contributed by atoms with E-state index in [1.54, 1.807) is 12.1 Å². The molecule has 4 rings (SSSR count). The van der Waals surface area contributed by atoms with E-state index in [0.29, 0.717) is 0 Å². The second kappa shape index (κ2) is 4.54. The van der Waals surface area contributed by atoms with Gasteiger partial charge in [0.1, 0.15) is 5.82 Å². The van der Waals surface area contributed by atoms with Gasteiger partial charge < -0.3 is 0 Å². The Morgan fingerprint density at radius 2 is 2.14 bits per heavy atom. The van der Waals surface area contributed by atoms with Crippen molar-refractivity contribution < 1.29 is 9.18 Å². The third-order valence-corrected chi connectivity index (χ3v) is 5.19. The Morgan fingerprint density at radius 3 is 2.86 bits per heavy atom. The summed E-state index contributed by atoms with van der Waals surface area (Å²) >= 11 is 0. The summed E-state index contributed by atoms with van der Waals surface area (Å²) in [6, 6.07) is 6.70. The molecule has 1 saturated carbocycles. The summed E-state index contributed by atoms with van der Waals surface area (Å²) in [4.78, 5) is 12.9. The van der Waals surface area contributed by atoms with Crippen molar-refractivity contribution in [2.75, 3.05) is 13.1 Å². The average Bonchev–Trinajstić information content (AvgIpc) is 3.09. The zero-order valence-corrected chi connectivity index (χ0v) is 12.4. The van der Waals surface area contributed by atoms with Crippen molar-refractivity contribution in [1.29, 1.82) is 0 Å². The molecule has 1 aliphatic carbocycles. The van der Waals surface area contributed by atoms with Crippen molar-refractivity contribution in [2.24, 2.45) is 11.3 Å². The Balaban J connectivity index is 1.61. The maximum Gasteiger partial charge on any atom is 0.244 e. The van der Waals surface area contributed by atoms with Crippen LogP contribution in [0.25, 0.3) is 0 Å². The first-order valence-corrected chi connectivity index (χ1v) is 7.91. The van der Waals surface area contributed by atoms with Crippen molar-refractivity contribution in [3.8, 4) is 0 Å². The van der Waals surface area contributed by atoms with Gasteiger partial charge in [0.2, 0.25) is 5.91 Å². The zero-order chi connectivity index (χ0) is 14.6. The van der Waals surface area contributed by atoms with Gasteiger partial charge in [0.05, 0.1) is 11.5 Å². The van der Waals surface area contributed by atoms with Crippen LogP contribution in [-0.2, 0) is 4.79 Å². The monoisotopic (exact) mass is 288 g/mol. The molecule has 2 heterocycles. The molecule has 3 fully saturated rings. The lowest BCUT2D eigenvalue weighted by Gasteiger charge is -2.27. The number of halogens is 1. The number of nitrogens with zero attached hydrogens (tertiary/aromatic N) is 2. The van der Waals surface area contributed by atoms with Crippen LogP contribution >= 0.6 is 0 Å². The Morgan fingerprint density at radius 1 is 1.33 bits per heavy atom. The first-order valence-electron chi connectivity index (χ1n) is 7.91. The molecule has 0 spiro atoms. The van der Waals surface area contributed by atoms with Crippen LogP contribution < -0.4 is 0 Å². The largest absolute Gasteiger partial charge is 0.273 e. The minimum Gasteiger partial charge on any atom is -0.273 e. The number of hydrogen-bond donors (Lipinski definition) is 0. The number of fused-ring (bicyclic) bond motifs is 1.